The van der Waals surface area contributed by atoms with E-state index in [0.29, 0.717) is 17.7 Å². The topological polar surface area (TPSA) is 75.6 Å². The monoisotopic (exact) mass is 327 g/mol. The van der Waals surface area contributed by atoms with Crippen molar-refractivity contribution in [1.82, 2.24) is 5.32 Å². The predicted molar refractivity (Wildman–Crippen MR) is 90.9 cm³/mol. The molecule has 0 saturated carbocycles. The van der Waals surface area contributed by atoms with Crippen LogP contribution in [-0.2, 0) is 16.1 Å². The lowest BCUT2D eigenvalue weighted by molar-refractivity contribution is -0.139. The number of benzene rings is 2. The maximum absolute atomic E-state index is 12.5. The molecule has 0 saturated heterocycles. The molecule has 0 radical (unpaired) electrons. The Kier molecular flexibility index (Phi) is 5.71. The molecular formula is C19H21NO4. The Morgan fingerprint density at radius 3 is 2.54 bits per heavy atom. The number of hydrogen-bond acceptors (Lipinski definition) is 3. The lowest BCUT2D eigenvalue weighted by Gasteiger charge is -2.18. The summed E-state index contributed by atoms with van der Waals surface area (Å²) in [6.07, 6.45) is 0. The van der Waals surface area contributed by atoms with E-state index in [4.69, 9.17) is 4.74 Å². The third-order valence-corrected chi connectivity index (χ3v) is 3.98. The lowest BCUT2D eigenvalue weighted by Crippen LogP contribution is -2.34. The van der Waals surface area contributed by atoms with Crippen LogP contribution in [0.5, 0.6) is 0 Å². The average Bonchev–Trinajstić information content (AvgIpc) is 2.55. The van der Waals surface area contributed by atoms with Crippen LogP contribution in [0.2, 0.25) is 0 Å². The molecule has 1 amide bonds. The molecule has 2 N–H and O–H groups in total. The highest BCUT2D eigenvalue weighted by Crippen LogP contribution is 2.21. The van der Waals surface area contributed by atoms with Gasteiger partial charge >= 0.3 is 5.97 Å². The number of methoxy groups -OCH3 is 1. The highest BCUT2D eigenvalue weighted by Gasteiger charge is 2.24. The van der Waals surface area contributed by atoms with Gasteiger partial charge in [0, 0.05) is 12.7 Å². The fraction of sp³-hybridized carbons (Fsp3) is 0.263. The summed E-state index contributed by atoms with van der Waals surface area (Å²) in [5, 5.41) is 12.1. The number of amides is 1. The Labute approximate surface area is 141 Å². The van der Waals surface area contributed by atoms with Crippen molar-refractivity contribution in [2.75, 3.05) is 7.11 Å². The number of hydrogen-bond donors (Lipinski definition) is 2. The largest absolute Gasteiger partial charge is 0.479 e. The van der Waals surface area contributed by atoms with E-state index in [2.05, 4.69) is 5.32 Å². The molecule has 5 nitrogen and oxygen atoms in total. The summed E-state index contributed by atoms with van der Waals surface area (Å²) in [5.41, 5.74) is 3.68. The third-order valence-electron chi connectivity index (χ3n) is 3.98. The van der Waals surface area contributed by atoms with Crippen molar-refractivity contribution >= 4 is 11.9 Å². The molecule has 5 heteroatoms. The van der Waals surface area contributed by atoms with Crippen molar-refractivity contribution in [2.45, 2.75) is 26.5 Å². The number of rotatable bonds is 6. The van der Waals surface area contributed by atoms with E-state index in [-0.39, 0.29) is 0 Å². The van der Waals surface area contributed by atoms with E-state index in [1.807, 2.05) is 26.0 Å². The standard InChI is InChI=1S/C19H21NO4/c1-12-6-4-9-16(13(12)2)17(19(22)23)20-18(21)15-8-5-7-14(10-15)11-24-3/h4-10,17H,11H2,1-3H3,(H,20,21)(H,22,23). The smallest absolute Gasteiger partial charge is 0.330 e. The summed E-state index contributed by atoms with van der Waals surface area (Å²) in [7, 11) is 1.58. The molecule has 2 aromatic rings. The Hall–Kier alpha value is -2.66. The molecule has 0 spiro atoms. The van der Waals surface area contributed by atoms with Crippen LogP contribution in [0.1, 0.15) is 38.7 Å². The van der Waals surface area contributed by atoms with E-state index < -0.39 is 17.9 Å². The first kappa shape index (κ1) is 17.7. The zero-order valence-corrected chi connectivity index (χ0v) is 14.0. The van der Waals surface area contributed by atoms with Gasteiger partial charge in [0.1, 0.15) is 0 Å². The fourth-order valence-electron chi connectivity index (χ4n) is 2.54. The Bertz CT molecular complexity index is 755. The van der Waals surface area contributed by atoms with Crippen molar-refractivity contribution in [1.29, 1.82) is 0 Å². The number of carboxylic acids is 1. The van der Waals surface area contributed by atoms with Crippen LogP contribution in [0.15, 0.2) is 42.5 Å². The van der Waals surface area contributed by atoms with Gasteiger partial charge in [0.2, 0.25) is 0 Å². The normalized spacial score (nSPS) is 11.8. The van der Waals surface area contributed by atoms with Gasteiger partial charge in [-0.05, 0) is 48.2 Å². The Balaban J connectivity index is 2.28. The van der Waals surface area contributed by atoms with Gasteiger partial charge in [0.05, 0.1) is 6.61 Å². The minimum absolute atomic E-state index is 0.389. The van der Waals surface area contributed by atoms with Gasteiger partial charge in [-0.25, -0.2) is 4.79 Å². The molecule has 1 atom stereocenters. The second kappa shape index (κ2) is 7.75. The minimum Gasteiger partial charge on any atom is -0.479 e. The van der Waals surface area contributed by atoms with Crippen molar-refractivity contribution in [3.05, 3.63) is 70.3 Å². The highest BCUT2D eigenvalue weighted by atomic mass is 16.5. The predicted octanol–water partition coefficient (Wildman–Crippen LogP) is 3.01. The number of aliphatic carboxylic acids is 1. The van der Waals surface area contributed by atoms with E-state index in [0.717, 1.165) is 16.7 Å². The van der Waals surface area contributed by atoms with Gasteiger partial charge in [0.25, 0.3) is 5.91 Å². The Morgan fingerprint density at radius 1 is 1.17 bits per heavy atom. The van der Waals surface area contributed by atoms with Gasteiger partial charge in [-0.3, -0.25) is 4.79 Å². The van der Waals surface area contributed by atoms with Crippen molar-refractivity contribution in [3.63, 3.8) is 0 Å². The van der Waals surface area contributed by atoms with Crippen LogP contribution in [0.3, 0.4) is 0 Å². The van der Waals surface area contributed by atoms with E-state index in [9.17, 15) is 14.7 Å². The van der Waals surface area contributed by atoms with Crippen LogP contribution in [0.25, 0.3) is 0 Å². The van der Waals surface area contributed by atoms with Gasteiger partial charge in [-0.1, -0.05) is 30.3 Å². The minimum atomic E-state index is -1.09. The highest BCUT2D eigenvalue weighted by molar-refractivity contribution is 5.97. The molecule has 0 aliphatic carbocycles. The summed E-state index contributed by atoms with van der Waals surface area (Å²) in [6, 6.07) is 11.3. The summed E-state index contributed by atoms with van der Waals surface area (Å²) >= 11 is 0. The molecule has 0 bridgehead atoms. The number of aryl methyl sites for hydroxylation is 1. The molecule has 0 aromatic heterocycles. The quantitative estimate of drug-likeness (QED) is 0.855. The van der Waals surface area contributed by atoms with E-state index >= 15 is 0 Å². The number of carboxylic acid groups (broad SMARTS) is 1. The zero-order valence-electron chi connectivity index (χ0n) is 14.0. The molecule has 126 valence electrons. The summed E-state index contributed by atoms with van der Waals surface area (Å²) < 4.78 is 5.05. The first-order valence-corrected chi connectivity index (χ1v) is 7.61. The molecule has 1 unspecified atom stereocenters. The molecule has 2 rings (SSSR count). The van der Waals surface area contributed by atoms with Gasteiger partial charge in [-0.2, -0.15) is 0 Å². The maximum atomic E-state index is 12.5. The first-order valence-electron chi connectivity index (χ1n) is 7.61. The third kappa shape index (κ3) is 4.00. The van der Waals surface area contributed by atoms with Crippen LogP contribution in [-0.4, -0.2) is 24.1 Å². The molecule has 2 aromatic carbocycles. The van der Waals surface area contributed by atoms with Gasteiger partial charge in [-0.15, -0.1) is 0 Å². The van der Waals surface area contributed by atoms with Crippen LogP contribution < -0.4 is 5.32 Å². The van der Waals surface area contributed by atoms with Crippen LogP contribution in [0, 0.1) is 13.8 Å². The zero-order chi connectivity index (χ0) is 17.7. The summed E-state index contributed by atoms with van der Waals surface area (Å²) in [5.74, 6) is -1.52. The first-order chi connectivity index (χ1) is 11.4. The van der Waals surface area contributed by atoms with Gasteiger partial charge in [0.15, 0.2) is 6.04 Å². The molecule has 0 aliphatic rings. The van der Waals surface area contributed by atoms with Crippen LogP contribution >= 0.6 is 0 Å². The fourth-order valence-corrected chi connectivity index (χ4v) is 2.54. The Morgan fingerprint density at radius 2 is 1.88 bits per heavy atom. The van der Waals surface area contributed by atoms with E-state index in [1.54, 1.807) is 37.4 Å². The number of ether oxygens (including phenoxy) is 1. The summed E-state index contributed by atoms with van der Waals surface area (Å²) in [6.45, 7) is 4.15. The summed E-state index contributed by atoms with van der Waals surface area (Å²) in [4.78, 5) is 24.1. The maximum Gasteiger partial charge on any atom is 0.330 e. The van der Waals surface area contributed by atoms with E-state index in [1.165, 1.54) is 0 Å². The second-order valence-corrected chi connectivity index (χ2v) is 5.67. The number of carbonyl (C=O) groups is 2. The van der Waals surface area contributed by atoms with Gasteiger partial charge < -0.3 is 15.2 Å². The number of carbonyl (C=O) groups excluding carboxylic acids is 1. The molecule has 0 aliphatic heterocycles. The lowest BCUT2D eigenvalue weighted by atomic mass is 9.97. The molecule has 0 fully saturated rings. The van der Waals surface area contributed by atoms with Crippen molar-refractivity contribution < 1.29 is 19.4 Å². The van der Waals surface area contributed by atoms with Crippen molar-refractivity contribution in [3.8, 4) is 0 Å². The average molecular weight is 327 g/mol. The SMILES string of the molecule is COCc1cccc(C(=O)NC(C(=O)O)c2cccc(C)c2C)c1. The second-order valence-electron chi connectivity index (χ2n) is 5.67. The van der Waals surface area contributed by atoms with Crippen molar-refractivity contribution in [2.24, 2.45) is 0 Å². The molecule has 24 heavy (non-hydrogen) atoms. The number of nitrogens with one attached hydrogen (secondary N) is 1. The molecule has 0 heterocycles. The van der Waals surface area contributed by atoms with Crippen LogP contribution in [0.4, 0.5) is 0 Å². The molecular weight excluding hydrogens is 306 g/mol.